The molecule has 0 heterocycles. The van der Waals surface area contributed by atoms with Gasteiger partial charge in [0.2, 0.25) is 0 Å². The molecular weight excluding hydrogens is 1410 g/mol. The second-order valence-corrected chi connectivity index (χ2v) is 28.7. The van der Waals surface area contributed by atoms with Crippen LogP contribution in [0.3, 0.4) is 0 Å². The first-order valence-corrected chi connectivity index (χ1v) is 38.1. The highest BCUT2D eigenvalue weighted by atomic mass is 79.9. The molecular formula is C95H124BrN9O4. The molecule has 13 nitrogen and oxygen atoms in total. The average molecular weight is 1540 g/mol. The molecule has 0 fully saturated rings. The van der Waals surface area contributed by atoms with Crippen LogP contribution in [0, 0.1) is 56.1 Å². The van der Waals surface area contributed by atoms with E-state index < -0.39 is 4.92 Å². The van der Waals surface area contributed by atoms with Crippen molar-refractivity contribution >= 4 is 77.0 Å². The number of nitro benzene ring substituents is 1. The van der Waals surface area contributed by atoms with E-state index in [2.05, 4.69) is 289 Å². The molecule has 8 aromatic rings. The van der Waals surface area contributed by atoms with Crippen molar-refractivity contribution in [2.24, 2.45) is 51.3 Å². The van der Waals surface area contributed by atoms with Crippen LogP contribution in [0.2, 0.25) is 0 Å². The molecule has 0 aromatic heterocycles. The third-order valence-electron chi connectivity index (χ3n) is 14.4. The Morgan fingerprint density at radius 3 is 1.39 bits per heavy atom. The predicted octanol–water partition coefficient (Wildman–Crippen LogP) is 24.3. The molecule has 0 atom stereocenters. The topological polar surface area (TPSA) is 171 Å². The minimum Gasteiger partial charge on any atom is -0.497 e. The maximum absolute atomic E-state index is 10.5. The molecule has 0 aliphatic heterocycles. The summed E-state index contributed by atoms with van der Waals surface area (Å²) in [6.07, 6.45) is 27.4. The van der Waals surface area contributed by atoms with Crippen molar-refractivity contribution in [3.63, 3.8) is 0 Å². The molecule has 0 saturated carbocycles. The predicted molar refractivity (Wildman–Crippen MR) is 481 cm³/mol. The highest BCUT2D eigenvalue weighted by molar-refractivity contribution is 9.10. The number of rotatable bonds is 27. The number of allylic oxidation sites excluding steroid dienone is 4. The largest absolute Gasteiger partial charge is 0.497 e. The number of nitro groups is 1. The van der Waals surface area contributed by atoms with Gasteiger partial charge in [0.25, 0.3) is 5.69 Å². The van der Waals surface area contributed by atoms with E-state index in [0.717, 1.165) is 65.1 Å². The fraction of sp³-hybridized carbons (Fsp3) is 0.326. The molecule has 8 rings (SSSR count). The Bertz CT molecular complexity index is 4040. The number of unbranched alkanes of at least 4 members (excludes halogenated alkanes) is 1. The number of aryl methyl sites for hydroxylation is 5. The Hall–Kier alpha value is -10.3. The van der Waals surface area contributed by atoms with E-state index in [1.54, 1.807) is 43.8 Å². The van der Waals surface area contributed by atoms with Gasteiger partial charge in [0.15, 0.2) is 0 Å². The summed E-state index contributed by atoms with van der Waals surface area (Å²) >= 11 is 3.39. The zero-order valence-corrected chi connectivity index (χ0v) is 69.9. The number of hydrogen-bond acceptors (Lipinski definition) is 12. The lowest BCUT2D eigenvalue weighted by Gasteiger charge is -2.13. The highest BCUT2D eigenvalue weighted by Gasteiger charge is 2.07. The molecule has 0 bridgehead atoms. The lowest BCUT2D eigenvalue weighted by Crippen LogP contribution is -2.09. The van der Waals surface area contributed by atoms with Crippen molar-refractivity contribution in [1.29, 1.82) is 0 Å². The molecule has 1 N–H and O–H groups in total. The van der Waals surface area contributed by atoms with Gasteiger partial charge in [-0.1, -0.05) is 255 Å². The van der Waals surface area contributed by atoms with E-state index in [1.165, 1.54) is 86.2 Å². The molecule has 0 spiro atoms. The first-order valence-electron chi connectivity index (χ1n) is 37.3. The van der Waals surface area contributed by atoms with Crippen LogP contribution >= 0.6 is 15.9 Å². The number of aliphatic hydroxyl groups excluding tert-OH is 1. The van der Waals surface area contributed by atoms with Crippen LogP contribution in [0.5, 0.6) is 5.75 Å². The van der Waals surface area contributed by atoms with Gasteiger partial charge in [0.05, 0.1) is 44.0 Å². The first-order chi connectivity index (χ1) is 52.2. The Balaban J connectivity index is 0.000000626. The SMILES string of the molecule is C=CCN=C/C=C(\C)CCC=C(C)C.C=CCN=Cc1cccc(Br)c1.CCCCN=Cc1ccc(C)cc1.COc1ccc(N=Cc2ccc([N+](=O)[O-])cc2)cc1.Cc1ccc(C=NC(C)C)cc1.Cc1ccc(C=NCC(C)(C)C)cc1.Cc1ccc(C=NCC(C)C)cc1.Cc1ccc(C=NCCO)cc1. The fourth-order valence-electron chi connectivity index (χ4n) is 8.24. The molecule has 14 heteroatoms. The maximum atomic E-state index is 10.5. The smallest absolute Gasteiger partial charge is 0.269 e. The minimum absolute atomic E-state index is 0.0709. The number of halogens is 1. The summed E-state index contributed by atoms with van der Waals surface area (Å²) in [6.45, 7) is 46.0. The summed E-state index contributed by atoms with van der Waals surface area (Å²) in [5.41, 5.74) is 18.0. The van der Waals surface area contributed by atoms with E-state index in [9.17, 15) is 10.1 Å². The van der Waals surface area contributed by atoms with E-state index in [-0.39, 0.29) is 17.7 Å². The Kier molecular flexibility index (Phi) is 53.9. The number of nitrogens with zero attached hydrogens (tertiary/aromatic N) is 9. The number of hydrogen-bond donors (Lipinski definition) is 1. The highest BCUT2D eigenvalue weighted by Crippen LogP contribution is 2.19. The number of benzene rings is 8. The summed E-state index contributed by atoms with van der Waals surface area (Å²) in [4.78, 5) is 44.1. The summed E-state index contributed by atoms with van der Waals surface area (Å²) in [6, 6.07) is 63.6. The van der Waals surface area contributed by atoms with Gasteiger partial charge in [-0.05, 0) is 193 Å². The van der Waals surface area contributed by atoms with Gasteiger partial charge < -0.3 is 9.84 Å². The van der Waals surface area contributed by atoms with Crippen molar-refractivity contribution in [1.82, 2.24) is 0 Å². The van der Waals surface area contributed by atoms with Gasteiger partial charge in [-0.25, -0.2) is 0 Å². The van der Waals surface area contributed by atoms with Gasteiger partial charge in [0.1, 0.15) is 5.75 Å². The van der Waals surface area contributed by atoms with Crippen LogP contribution in [-0.2, 0) is 0 Å². The van der Waals surface area contributed by atoms with E-state index in [0.29, 0.717) is 31.6 Å². The Morgan fingerprint density at radius 1 is 0.550 bits per heavy atom. The second kappa shape index (κ2) is 60.7. The molecule has 0 radical (unpaired) electrons. The standard InChI is InChI=1S/C14H12N2O3.C13H19N.C13H21N.2C12H17N.C11H15N.C10H10BrN.C10H13NO/c1-19-14-8-4-12(5-9-14)15-10-11-2-6-13(7-3-11)16(17)18;1-11-5-7-12(8-6-11)9-14-10-13(2,3)4;1-5-10-14-11-9-13(4)8-6-7-12(2)3;1-10(2)8-13-9-12-6-4-11(3)5-7-12;1-3-4-9-13-10-12-7-5-11(2)6-8-12;1-9(2)12-8-11-6-4-10(3)5-7-11;1-2-6-12-8-9-4-3-5-10(11)7-9;1-9-2-4-10(5-3-9)8-11-6-7-12/h2-10H,1H3;5-9H,10H2,1-4H3;5,7,9,11H,1,6,8,10H2,2-4H3;4-7,9-10H,8H2,1-3H3;5-8,10H,3-4,9H2,1-2H3;4-9H,1-3H3;2-5,7-8H,1,6H2;2-5,8,12H,6-7H2,1H3/b;;13-9+,14-11?;;;;;. The number of non-ortho nitro benzene ring substituents is 1. The van der Waals surface area contributed by atoms with Gasteiger partial charge in [-0.2, -0.15) is 0 Å². The molecule has 0 unspecified atom stereocenters. The normalized spacial score (nSPS) is 11.2. The van der Waals surface area contributed by atoms with Crippen molar-refractivity contribution < 1.29 is 14.8 Å². The fourth-order valence-corrected chi connectivity index (χ4v) is 8.66. The van der Waals surface area contributed by atoms with E-state index in [4.69, 9.17) is 9.84 Å². The third-order valence-corrected chi connectivity index (χ3v) is 14.9. The molecule has 0 aliphatic rings. The van der Waals surface area contributed by atoms with Gasteiger partial charge in [0, 0.05) is 92.0 Å². The van der Waals surface area contributed by atoms with Crippen molar-refractivity contribution in [2.75, 3.05) is 53.0 Å². The summed E-state index contributed by atoms with van der Waals surface area (Å²) in [5.74, 6) is 1.41. The summed E-state index contributed by atoms with van der Waals surface area (Å²) < 4.78 is 6.13. The summed E-state index contributed by atoms with van der Waals surface area (Å²) in [5, 5.41) is 19.0. The average Bonchev–Trinajstić information content (AvgIpc) is 0.882. The van der Waals surface area contributed by atoms with Gasteiger partial charge >= 0.3 is 0 Å². The zero-order valence-electron chi connectivity index (χ0n) is 68.3. The molecule has 0 saturated heterocycles. The molecule has 8 aromatic carbocycles. The number of aliphatic imine (C=N–C) groups is 8. The Morgan fingerprint density at radius 2 is 0.982 bits per heavy atom. The summed E-state index contributed by atoms with van der Waals surface area (Å²) in [7, 11) is 1.61. The maximum Gasteiger partial charge on any atom is 0.269 e. The van der Waals surface area contributed by atoms with Crippen molar-refractivity contribution in [3.05, 3.63) is 324 Å². The Labute approximate surface area is 664 Å². The number of methoxy groups -OCH3 is 1. The number of aliphatic hydroxyl groups is 1. The lowest BCUT2D eigenvalue weighted by atomic mass is 9.97. The van der Waals surface area contributed by atoms with Crippen LogP contribution in [0.15, 0.2) is 287 Å². The van der Waals surface area contributed by atoms with Gasteiger partial charge in [-0.15, -0.1) is 13.2 Å². The molecule has 580 valence electrons. The van der Waals surface area contributed by atoms with Crippen LogP contribution in [0.25, 0.3) is 0 Å². The second-order valence-electron chi connectivity index (χ2n) is 27.8. The third kappa shape index (κ3) is 55.8. The quantitative estimate of drug-likeness (QED) is 0.0178. The lowest BCUT2D eigenvalue weighted by molar-refractivity contribution is -0.384. The molecule has 109 heavy (non-hydrogen) atoms. The van der Waals surface area contributed by atoms with Crippen LogP contribution in [0.1, 0.15) is 169 Å². The van der Waals surface area contributed by atoms with Crippen LogP contribution in [0.4, 0.5) is 11.4 Å². The minimum atomic E-state index is -0.426. The van der Waals surface area contributed by atoms with E-state index in [1.807, 2.05) is 110 Å². The zero-order chi connectivity index (χ0) is 80.9. The molecule has 0 amide bonds. The van der Waals surface area contributed by atoms with Crippen molar-refractivity contribution in [2.45, 2.75) is 143 Å². The molecule has 0 aliphatic carbocycles. The monoisotopic (exact) mass is 1530 g/mol. The first kappa shape index (κ1) is 96.7. The van der Waals surface area contributed by atoms with Crippen molar-refractivity contribution in [3.8, 4) is 5.75 Å². The number of ether oxygens (including phenoxy) is 1. The van der Waals surface area contributed by atoms with Crippen LogP contribution < -0.4 is 4.74 Å². The van der Waals surface area contributed by atoms with Crippen LogP contribution in [-0.4, -0.2) is 119 Å². The van der Waals surface area contributed by atoms with E-state index >= 15 is 0 Å². The van der Waals surface area contributed by atoms with Gasteiger partial charge in [-0.3, -0.25) is 50.1 Å².